The molecule has 0 saturated heterocycles. The van der Waals surface area contributed by atoms with Crippen molar-refractivity contribution in [3.63, 3.8) is 0 Å². The van der Waals surface area contributed by atoms with Crippen LogP contribution in [0.2, 0.25) is 0 Å². The van der Waals surface area contributed by atoms with E-state index in [1.807, 2.05) is 29.6 Å². The highest BCUT2D eigenvalue weighted by Crippen LogP contribution is 2.27. The molecule has 0 saturated carbocycles. The minimum Gasteiger partial charge on any atom is -0.467 e. The molecule has 2 aromatic rings. The van der Waals surface area contributed by atoms with Crippen molar-refractivity contribution in [3.05, 3.63) is 45.3 Å². The standard InChI is InChI=1S/C12H11BrN2O2S/c1-17-12(16)10(11-14-6-7-18-11)15-9-5-3-2-4-8(9)13/h2-7,10,15H,1H3. The van der Waals surface area contributed by atoms with E-state index >= 15 is 0 Å². The summed E-state index contributed by atoms with van der Waals surface area (Å²) in [5.41, 5.74) is 0.822. The number of methoxy groups -OCH3 is 1. The highest BCUT2D eigenvalue weighted by molar-refractivity contribution is 9.10. The number of carbonyl (C=O) groups is 1. The molecule has 0 aliphatic rings. The Hall–Kier alpha value is -1.40. The average molecular weight is 327 g/mol. The molecule has 4 nitrogen and oxygen atoms in total. The van der Waals surface area contributed by atoms with Crippen LogP contribution in [0.4, 0.5) is 5.69 Å². The Bertz CT molecular complexity index is 531. The van der Waals surface area contributed by atoms with Gasteiger partial charge in [0.15, 0.2) is 6.04 Å². The summed E-state index contributed by atoms with van der Waals surface area (Å²) < 4.78 is 5.68. The molecule has 1 aromatic carbocycles. The topological polar surface area (TPSA) is 51.2 Å². The average Bonchev–Trinajstić information content (AvgIpc) is 2.90. The number of nitrogens with one attached hydrogen (secondary N) is 1. The van der Waals surface area contributed by atoms with Crippen LogP contribution in [0.5, 0.6) is 0 Å². The molecule has 0 amide bonds. The van der Waals surface area contributed by atoms with E-state index in [0.29, 0.717) is 5.01 Å². The van der Waals surface area contributed by atoms with E-state index in [1.54, 1.807) is 6.20 Å². The lowest BCUT2D eigenvalue weighted by Crippen LogP contribution is -2.22. The first-order valence-corrected chi connectivity index (χ1v) is 6.88. The lowest BCUT2D eigenvalue weighted by Gasteiger charge is -2.16. The Morgan fingerprint density at radius 2 is 2.28 bits per heavy atom. The first-order chi connectivity index (χ1) is 8.72. The van der Waals surface area contributed by atoms with Gasteiger partial charge in [0.1, 0.15) is 5.01 Å². The van der Waals surface area contributed by atoms with Crippen molar-refractivity contribution in [3.8, 4) is 0 Å². The molecular weight excluding hydrogens is 316 g/mol. The van der Waals surface area contributed by atoms with Gasteiger partial charge in [0.2, 0.25) is 0 Å². The lowest BCUT2D eigenvalue weighted by atomic mass is 10.2. The summed E-state index contributed by atoms with van der Waals surface area (Å²) in [7, 11) is 1.37. The summed E-state index contributed by atoms with van der Waals surface area (Å²) in [6.07, 6.45) is 1.66. The van der Waals surface area contributed by atoms with Crippen LogP contribution >= 0.6 is 27.3 Å². The van der Waals surface area contributed by atoms with Crippen molar-refractivity contribution in [1.29, 1.82) is 0 Å². The van der Waals surface area contributed by atoms with Gasteiger partial charge >= 0.3 is 5.97 Å². The number of hydrogen-bond acceptors (Lipinski definition) is 5. The number of anilines is 1. The van der Waals surface area contributed by atoms with Gasteiger partial charge in [0, 0.05) is 21.7 Å². The lowest BCUT2D eigenvalue weighted by molar-refractivity contribution is -0.141. The number of ether oxygens (including phenoxy) is 1. The maximum Gasteiger partial charge on any atom is 0.335 e. The van der Waals surface area contributed by atoms with Gasteiger partial charge < -0.3 is 10.1 Å². The summed E-state index contributed by atoms with van der Waals surface area (Å²) in [6, 6.07) is 7.00. The number of benzene rings is 1. The van der Waals surface area contributed by atoms with Crippen molar-refractivity contribution < 1.29 is 9.53 Å². The number of aromatic nitrogens is 1. The van der Waals surface area contributed by atoms with Crippen LogP contribution in [-0.2, 0) is 9.53 Å². The molecule has 1 unspecified atom stereocenters. The van der Waals surface area contributed by atoms with Gasteiger partial charge in [-0.2, -0.15) is 0 Å². The predicted octanol–water partition coefficient (Wildman–Crippen LogP) is 3.23. The summed E-state index contributed by atoms with van der Waals surface area (Å²) in [5, 5.41) is 5.63. The molecule has 0 spiro atoms. The monoisotopic (exact) mass is 326 g/mol. The van der Waals surface area contributed by atoms with Gasteiger partial charge in [-0.25, -0.2) is 9.78 Å². The number of halogens is 1. The molecule has 0 fully saturated rings. The summed E-state index contributed by atoms with van der Waals surface area (Å²) >= 11 is 4.84. The summed E-state index contributed by atoms with van der Waals surface area (Å²) in [4.78, 5) is 15.9. The Morgan fingerprint density at radius 1 is 1.50 bits per heavy atom. The van der Waals surface area contributed by atoms with E-state index in [1.165, 1.54) is 18.4 Å². The van der Waals surface area contributed by atoms with Crippen LogP contribution in [0.3, 0.4) is 0 Å². The first kappa shape index (κ1) is 13.0. The normalized spacial score (nSPS) is 11.9. The molecule has 1 N–H and O–H groups in total. The Balaban J connectivity index is 2.26. The van der Waals surface area contributed by atoms with Crippen LogP contribution in [-0.4, -0.2) is 18.1 Å². The third kappa shape index (κ3) is 2.88. The molecule has 0 bridgehead atoms. The maximum absolute atomic E-state index is 11.8. The van der Waals surface area contributed by atoms with Gasteiger partial charge in [-0.3, -0.25) is 0 Å². The van der Waals surface area contributed by atoms with E-state index < -0.39 is 6.04 Å². The van der Waals surface area contributed by atoms with Crippen molar-refractivity contribution in [2.75, 3.05) is 12.4 Å². The summed E-state index contributed by atoms with van der Waals surface area (Å²) in [6.45, 7) is 0. The second kappa shape index (κ2) is 5.97. The van der Waals surface area contributed by atoms with Crippen molar-refractivity contribution in [1.82, 2.24) is 4.98 Å². The number of rotatable bonds is 4. The van der Waals surface area contributed by atoms with Crippen LogP contribution < -0.4 is 5.32 Å². The number of thiazole rings is 1. The van der Waals surface area contributed by atoms with Crippen molar-refractivity contribution in [2.45, 2.75) is 6.04 Å². The fourth-order valence-corrected chi connectivity index (χ4v) is 2.52. The van der Waals surface area contributed by atoms with Crippen LogP contribution in [0.25, 0.3) is 0 Å². The van der Waals surface area contributed by atoms with Crippen molar-refractivity contribution >= 4 is 38.9 Å². The predicted molar refractivity (Wildman–Crippen MR) is 74.6 cm³/mol. The van der Waals surface area contributed by atoms with E-state index in [0.717, 1.165) is 10.2 Å². The molecule has 0 radical (unpaired) electrons. The largest absolute Gasteiger partial charge is 0.467 e. The maximum atomic E-state index is 11.8. The zero-order chi connectivity index (χ0) is 13.0. The van der Waals surface area contributed by atoms with Crippen molar-refractivity contribution in [2.24, 2.45) is 0 Å². The molecule has 18 heavy (non-hydrogen) atoms. The van der Waals surface area contributed by atoms with E-state index in [4.69, 9.17) is 4.74 Å². The SMILES string of the molecule is COC(=O)C(Nc1ccccc1Br)c1nccs1. The van der Waals surface area contributed by atoms with Gasteiger partial charge in [-0.1, -0.05) is 12.1 Å². The minimum absolute atomic E-state index is 0.360. The Labute approximate surface area is 117 Å². The molecule has 1 aromatic heterocycles. The minimum atomic E-state index is -0.589. The highest BCUT2D eigenvalue weighted by atomic mass is 79.9. The second-order valence-corrected chi connectivity index (χ2v) is 5.23. The Morgan fingerprint density at radius 3 is 2.89 bits per heavy atom. The molecule has 2 rings (SSSR count). The number of nitrogens with zero attached hydrogens (tertiary/aromatic N) is 1. The molecule has 0 aliphatic heterocycles. The molecule has 6 heteroatoms. The molecule has 1 heterocycles. The number of para-hydroxylation sites is 1. The smallest absolute Gasteiger partial charge is 0.335 e. The summed E-state index contributed by atoms with van der Waals surface area (Å²) in [5.74, 6) is -0.360. The van der Waals surface area contributed by atoms with Crippen LogP contribution in [0.15, 0.2) is 40.3 Å². The molecule has 0 aliphatic carbocycles. The van der Waals surface area contributed by atoms with Gasteiger partial charge in [0.25, 0.3) is 0 Å². The van der Waals surface area contributed by atoms with Gasteiger partial charge in [-0.15, -0.1) is 11.3 Å². The number of hydrogen-bond donors (Lipinski definition) is 1. The van der Waals surface area contributed by atoms with E-state index in [2.05, 4.69) is 26.2 Å². The zero-order valence-electron chi connectivity index (χ0n) is 9.59. The number of esters is 1. The van der Waals surface area contributed by atoms with Crippen LogP contribution in [0, 0.1) is 0 Å². The quantitative estimate of drug-likeness (QED) is 0.876. The van der Waals surface area contributed by atoms with Gasteiger partial charge in [0.05, 0.1) is 7.11 Å². The second-order valence-electron chi connectivity index (χ2n) is 3.45. The third-order valence-electron chi connectivity index (χ3n) is 2.31. The number of carbonyl (C=O) groups excluding carboxylic acids is 1. The van der Waals surface area contributed by atoms with Crippen LogP contribution in [0.1, 0.15) is 11.0 Å². The van der Waals surface area contributed by atoms with E-state index in [-0.39, 0.29) is 5.97 Å². The molecule has 94 valence electrons. The highest BCUT2D eigenvalue weighted by Gasteiger charge is 2.24. The fourth-order valence-electron chi connectivity index (χ4n) is 1.45. The molecular formula is C12H11BrN2O2S. The molecule has 1 atom stereocenters. The van der Waals surface area contributed by atoms with E-state index in [9.17, 15) is 4.79 Å². The fraction of sp³-hybridized carbons (Fsp3) is 0.167. The zero-order valence-corrected chi connectivity index (χ0v) is 12.0. The Kier molecular flexibility index (Phi) is 4.33. The first-order valence-electron chi connectivity index (χ1n) is 5.20. The third-order valence-corrected chi connectivity index (χ3v) is 3.84. The van der Waals surface area contributed by atoms with Gasteiger partial charge in [-0.05, 0) is 28.1 Å².